The lowest BCUT2D eigenvalue weighted by atomic mass is 10.00. The van der Waals surface area contributed by atoms with Gasteiger partial charge in [0, 0.05) is 11.8 Å². The van der Waals surface area contributed by atoms with Crippen molar-refractivity contribution in [3.05, 3.63) is 63.9 Å². The van der Waals surface area contributed by atoms with Gasteiger partial charge in [0.05, 0.1) is 16.1 Å². The Labute approximate surface area is 133 Å². The van der Waals surface area contributed by atoms with Crippen molar-refractivity contribution in [3.8, 4) is 0 Å². The van der Waals surface area contributed by atoms with Crippen LogP contribution in [0.25, 0.3) is 0 Å². The molecule has 2 aromatic rings. The minimum atomic E-state index is -4.60. The molecular formula is C14H9ClF3N3O2. The van der Waals surface area contributed by atoms with Crippen molar-refractivity contribution in [1.29, 1.82) is 0 Å². The van der Waals surface area contributed by atoms with E-state index in [0.29, 0.717) is 12.3 Å². The Morgan fingerprint density at radius 1 is 1.26 bits per heavy atom. The number of pyridine rings is 1. The highest BCUT2D eigenvalue weighted by atomic mass is 35.5. The first kappa shape index (κ1) is 16.8. The summed E-state index contributed by atoms with van der Waals surface area (Å²) in [7, 11) is 0. The van der Waals surface area contributed by atoms with E-state index < -0.39 is 17.7 Å². The molecule has 2 rings (SSSR count). The molecule has 1 aromatic carbocycles. The zero-order valence-electron chi connectivity index (χ0n) is 11.3. The first-order valence-corrected chi connectivity index (χ1v) is 6.47. The second-order valence-electron chi connectivity index (χ2n) is 4.38. The maximum atomic E-state index is 12.6. The standard InChI is InChI=1S/C14H9ClF3N3O2/c15-10-5-7(14(16,17)18)6-20-12(10)11(21-19)8-3-1-2-4-9(8)13(22)23/h1-6H,19H2,(H,22,23)/b21-11-. The van der Waals surface area contributed by atoms with Crippen molar-refractivity contribution in [2.45, 2.75) is 6.18 Å². The molecule has 5 nitrogen and oxygen atoms in total. The number of hydrazone groups is 1. The number of hydrogen-bond donors (Lipinski definition) is 2. The average molecular weight is 344 g/mol. The van der Waals surface area contributed by atoms with Crippen molar-refractivity contribution >= 4 is 23.3 Å². The molecule has 120 valence electrons. The van der Waals surface area contributed by atoms with Gasteiger partial charge in [0.2, 0.25) is 0 Å². The second-order valence-corrected chi connectivity index (χ2v) is 4.79. The highest BCUT2D eigenvalue weighted by molar-refractivity contribution is 6.35. The molecule has 9 heteroatoms. The zero-order valence-corrected chi connectivity index (χ0v) is 12.1. The largest absolute Gasteiger partial charge is 0.478 e. The minimum absolute atomic E-state index is 0.0941. The number of aromatic carboxylic acids is 1. The third kappa shape index (κ3) is 3.42. The molecule has 0 bridgehead atoms. The summed E-state index contributed by atoms with van der Waals surface area (Å²) in [5.41, 5.74) is -1.34. The monoisotopic (exact) mass is 343 g/mol. The van der Waals surface area contributed by atoms with Crippen molar-refractivity contribution in [2.75, 3.05) is 0 Å². The molecule has 0 saturated carbocycles. The maximum Gasteiger partial charge on any atom is 0.417 e. The summed E-state index contributed by atoms with van der Waals surface area (Å²) in [4.78, 5) is 14.9. The van der Waals surface area contributed by atoms with E-state index in [2.05, 4.69) is 10.1 Å². The number of alkyl halides is 3. The van der Waals surface area contributed by atoms with Gasteiger partial charge in [-0.05, 0) is 12.1 Å². The lowest BCUT2D eigenvalue weighted by Gasteiger charge is -2.12. The van der Waals surface area contributed by atoms with E-state index >= 15 is 0 Å². The molecule has 1 heterocycles. The van der Waals surface area contributed by atoms with Crippen LogP contribution >= 0.6 is 11.6 Å². The first-order chi connectivity index (χ1) is 10.8. The summed E-state index contributed by atoms with van der Waals surface area (Å²) in [6.45, 7) is 0. The van der Waals surface area contributed by atoms with Crippen molar-refractivity contribution in [1.82, 2.24) is 4.98 Å². The van der Waals surface area contributed by atoms with E-state index in [0.717, 1.165) is 0 Å². The number of nitrogens with zero attached hydrogens (tertiary/aromatic N) is 2. The molecule has 0 aliphatic rings. The number of aromatic nitrogens is 1. The second kappa shape index (κ2) is 6.25. The number of benzene rings is 1. The summed E-state index contributed by atoms with van der Waals surface area (Å²) < 4.78 is 37.9. The van der Waals surface area contributed by atoms with Gasteiger partial charge in [0.15, 0.2) is 0 Å². The van der Waals surface area contributed by atoms with E-state index in [1.54, 1.807) is 0 Å². The molecule has 23 heavy (non-hydrogen) atoms. The fourth-order valence-electron chi connectivity index (χ4n) is 1.90. The van der Waals surface area contributed by atoms with E-state index in [4.69, 9.17) is 17.4 Å². The number of carbonyl (C=O) groups is 1. The summed E-state index contributed by atoms with van der Waals surface area (Å²) in [6, 6.07) is 6.41. The number of halogens is 4. The molecule has 0 radical (unpaired) electrons. The van der Waals surface area contributed by atoms with Crippen LogP contribution in [-0.2, 0) is 6.18 Å². The number of nitrogens with two attached hydrogens (primary N) is 1. The lowest BCUT2D eigenvalue weighted by Crippen LogP contribution is -2.15. The van der Waals surface area contributed by atoms with Gasteiger partial charge in [-0.3, -0.25) is 4.98 Å². The van der Waals surface area contributed by atoms with Gasteiger partial charge >= 0.3 is 12.1 Å². The van der Waals surface area contributed by atoms with Gasteiger partial charge in [-0.2, -0.15) is 18.3 Å². The SMILES string of the molecule is N/N=C(/c1ccccc1C(=O)O)c1ncc(C(F)(F)F)cc1Cl. The molecule has 0 atom stereocenters. The topological polar surface area (TPSA) is 88.6 Å². The number of rotatable bonds is 3. The van der Waals surface area contributed by atoms with Crippen LogP contribution in [0.15, 0.2) is 41.6 Å². The highest BCUT2D eigenvalue weighted by Gasteiger charge is 2.32. The van der Waals surface area contributed by atoms with Crippen LogP contribution < -0.4 is 5.84 Å². The predicted molar refractivity (Wildman–Crippen MR) is 77.5 cm³/mol. The van der Waals surface area contributed by atoms with Crippen molar-refractivity contribution in [2.24, 2.45) is 10.9 Å². The van der Waals surface area contributed by atoms with Crippen LogP contribution in [0.4, 0.5) is 13.2 Å². The van der Waals surface area contributed by atoms with Crippen LogP contribution in [0.1, 0.15) is 27.2 Å². The Morgan fingerprint density at radius 3 is 2.35 bits per heavy atom. The molecular weight excluding hydrogens is 335 g/mol. The summed E-state index contributed by atoms with van der Waals surface area (Å²) >= 11 is 5.84. The average Bonchev–Trinajstić information content (AvgIpc) is 2.49. The molecule has 3 N–H and O–H groups in total. The predicted octanol–water partition coefficient (Wildman–Crippen LogP) is 3.16. The Bertz CT molecular complexity index is 791. The summed E-state index contributed by atoms with van der Waals surface area (Å²) in [5.74, 6) is 4.03. The lowest BCUT2D eigenvalue weighted by molar-refractivity contribution is -0.137. The van der Waals surface area contributed by atoms with Gasteiger partial charge in [0.1, 0.15) is 11.4 Å². The first-order valence-electron chi connectivity index (χ1n) is 6.09. The third-order valence-electron chi connectivity index (χ3n) is 2.93. The number of carboxylic acids is 1. The van der Waals surface area contributed by atoms with Gasteiger partial charge in [-0.15, -0.1) is 0 Å². The smallest absolute Gasteiger partial charge is 0.417 e. The summed E-state index contributed by atoms with van der Waals surface area (Å²) in [6.07, 6.45) is -4.02. The number of carboxylic acid groups (broad SMARTS) is 1. The molecule has 0 fully saturated rings. The molecule has 0 aliphatic carbocycles. The molecule has 0 aliphatic heterocycles. The van der Waals surface area contributed by atoms with E-state index in [9.17, 15) is 23.1 Å². The van der Waals surface area contributed by atoms with Gasteiger partial charge in [-0.25, -0.2) is 4.79 Å². The van der Waals surface area contributed by atoms with Gasteiger partial charge in [0.25, 0.3) is 0 Å². The van der Waals surface area contributed by atoms with Crippen LogP contribution in [0.5, 0.6) is 0 Å². The zero-order chi connectivity index (χ0) is 17.2. The minimum Gasteiger partial charge on any atom is -0.478 e. The van der Waals surface area contributed by atoms with E-state index in [-0.39, 0.29) is 27.6 Å². The van der Waals surface area contributed by atoms with Crippen LogP contribution in [-0.4, -0.2) is 21.8 Å². The normalized spacial score (nSPS) is 12.3. The summed E-state index contributed by atoms with van der Waals surface area (Å²) in [5, 5.41) is 12.3. The fourth-order valence-corrected chi connectivity index (χ4v) is 2.16. The van der Waals surface area contributed by atoms with Gasteiger partial charge in [-0.1, -0.05) is 29.8 Å². The van der Waals surface area contributed by atoms with Crippen molar-refractivity contribution < 1.29 is 23.1 Å². The third-order valence-corrected chi connectivity index (χ3v) is 3.22. The Kier molecular flexibility index (Phi) is 4.55. The molecule has 0 saturated heterocycles. The number of hydrogen-bond acceptors (Lipinski definition) is 4. The molecule has 0 amide bonds. The Morgan fingerprint density at radius 2 is 1.87 bits per heavy atom. The Balaban J connectivity index is 2.59. The van der Waals surface area contributed by atoms with E-state index in [1.807, 2.05) is 0 Å². The maximum absolute atomic E-state index is 12.6. The Hall–Kier alpha value is -2.61. The molecule has 0 spiro atoms. The molecule has 0 unspecified atom stereocenters. The highest BCUT2D eigenvalue weighted by Crippen LogP contribution is 2.31. The van der Waals surface area contributed by atoms with Crippen LogP contribution in [0.2, 0.25) is 5.02 Å². The van der Waals surface area contributed by atoms with Crippen LogP contribution in [0, 0.1) is 0 Å². The van der Waals surface area contributed by atoms with Crippen LogP contribution in [0.3, 0.4) is 0 Å². The van der Waals surface area contributed by atoms with Crippen molar-refractivity contribution in [3.63, 3.8) is 0 Å². The quantitative estimate of drug-likeness (QED) is 0.509. The van der Waals surface area contributed by atoms with E-state index in [1.165, 1.54) is 24.3 Å². The van der Waals surface area contributed by atoms with Gasteiger partial charge < -0.3 is 10.9 Å². The molecule has 1 aromatic heterocycles. The fraction of sp³-hybridized carbons (Fsp3) is 0.0714.